The van der Waals surface area contributed by atoms with Gasteiger partial charge in [0.25, 0.3) is 5.91 Å². The number of thiocarbonyl (C=S) groups is 1. The van der Waals surface area contributed by atoms with E-state index < -0.39 is 0 Å². The minimum atomic E-state index is 0.0151. The zero-order valence-corrected chi connectivity index (χ0v) is 10.5. The number of nitrogens with zero attached hydrogens (tertiary/aromatic N) is 1. The summed E-state index contributed by atoms with van der Waals surface area (Å²) in [5, 5.41) is 0. The number of carbonyl (C=O) groups excluding carboxylic acids is 1. The van der Waals surface area contributed by atoms with Crippen molar-refractivity contribution in [2.45, 2.75) is 6.92 Å². The highest BCUT2D eigenvalue weighted by Crippen LogP contribution is 2.31. The summed E-state index contributed by atoms with van der Waals surface area (Å²) in [7, 11) is 0. The first-order chi connectivity index (χ1) is 7.72. The van der Waals surface area contributed by atoms with Gasteiger partial charge in [-0.05, 0) is 18.6 Å². The van der Waals surface area contributed by atoms with E-state index in [1.165, 1.54) is 11.8 Å². The van der Waals surface area contributed by atoms with Crippen LogP contribution in [-0.2, 0) is 4.79 Å². The Morgan fingerprint density at radius 1 is 1.38 bits per heavy atom. The van der Waals surface area contributed by atoms with Crippen LogP contribution >= 0.6 is 24.0 Å². The number of likely N-dealkylation sites (N-methyl/N-ethyl adjacent to an activating group) is 1. The van der Waals surface area contributed by atoms with Crippen molar-refractivity contribution in [1.82, 2.24) is 4.90 Å². The Hall–Kier alpha value is -1.13. The molecule has 1 aromatic rings. The average molecular weight is 252 g/mol. The highest BCUT2D eigenvalue weighted by atomic mass is 35.0. The normalized spacial score (nSPS) is 18.6. The number of benzene rings is 1. The molecule has 1 fully saturated rings. The molecule has 1 heterocycles. The molecular weight excluding hydrogens is 241 g/mol. The summed E-state index contributed by atoms with van der Waals surface area (Å²) in [5.41, 5.74) is 1.03. The summed E-state index contributed by atoms with van der Waals surface area (Å²) in [5.74, 6) is 0.0151. The summed E-state index contributed by atoms with van der Waals surface area (Å²) in [6.45, 7) is 2.56. The van der Waals surface area contributed by atoms with E-state index in [1.807, 2.05) is 43.3 Å². The van der Waals surface area contributed by atoms with Gasteiger partial charge in [-0.25, -0.2) is 0 Å². The quantitative estimate of drug-likeness (QED) is 0.596. The Kier molecular flexibility index (Phi) is 3.41. The molecule has 1 aromatic carbocycles. The van der Waals surface area contributed by atoms with E-state index in [2.05, 4.69) is 0 Å². The molecule has 82 valence electrons. The fraction of sp³-hybridized carbons (Fsp3) is 0.167. The monoisotopic (exact) mass is 252 g/mol. The molecule has 0 aromatic heterocycles. The largest absolute Gasteiger partial charge is 0.293 e. The van der Waals surface area contributed by atoms with Crippen LogP contribution < -0.4 is 0 Å². The van der Waals surface area contributed by atoms with E-state index in [-0.39, 0.29) is 5.91 Å². The Balaban J connectivity index is 2.27. The summed E-state index contributed by atoms with van der Waals surface area (Å²) >= 11 is 6.51. The van der Waals surface area contributed by atoms with Crippen LogP contribution in [0.1, 0.15) is 12.5 Å². The zero-order valence-electron chi connectivity index (χ0n) is 8.84. The molecule has 1 saturated heterocycles. The Morgan fingerprint density at radius 2 is 2.06 bits per heavy atom. The lowest BCUT2D eigenvalue weighted by atomic mass is 10.2. The van der Waals surface area contributed by atoms with Crippen molar-refractivity contribution in [3.63, 3.8) is 0 Å². The van der Waals surface area contributed by atoms with E-state index in [0.29, 0.717) is 15.8 Å². The third kappa shape index (κ3) is 2.18. The summed E-state index contributed by atoms with van der Waals surface area (Å²) in [6, 6.07) is 9.80. The first-order valence-corrected chi connectivity index (χ1v) is 6.25. The fourth-order valence-corrected chi connectivity index (χ4v) is 2.86. The molecule has 4 heteroatoms. The van der Waals surface area contributed by atoms with Crippen LogP contribution in [0.5, 0.6) is 0 Å². The van der Waals surface area contributed by atoms with Gasteiger partial charge < -0.3 is 0 Å². The van der Waals surface area contributed by atoms with Crippen LogP contribution in [0.25, 0.3) is 6.08 Å². The molecule has 0 unspecified atom stereocenters. The van der Waals surface area contributed by atoms with Crippen molar-refractivity contribution >= 4 is 40.3 Å². The van der Waals surface area contributed by atoms with E-state index in [4.69, 9.17) is 12.2 Å². The summed E-state index contributed by atoms with van der Waals surface area (Å²) in [4.78, 5) is 14.2. The second-order valence-electron chi connectivity index (χ2n) is 3.34. The third-order valence-corrected chi connectivity index (χ3v) is 3.66. The van der Waals surface area contributed by atoms with Crippen LogP contribution in [-0.4, -0.2) is 21.7 Å². The Morgan fingerprint density at radius 3 is 2.62 bits per heavy atom. The molecule has 16 heavy (non-hydrogen) atoms. The van der Waals surface area contributed by atoms with E-state index in [1.54, 1.807) is 4.90 Å². The molecule has 1 aliphatic heterocycles. The molecule has 2 nitrogen and oxygen atoms in total. The second kappa shape index (κ2) is 4.80. The van der Waals surface area contributed by atoms with E-state index in [9.17, 15) is 4.79 Å². The topological polar surface area (TPSA) is 20.3 Å². The van der Waals surface area contributed by atoms with Crippen LogP contribution in [0.15, 0.2) is 35.2 Å². The highest BCUT2D eigenvalue weighted by Gasteiger charge is 2.30. The standard InChI is InChI=1S/C12H11NOS2/c1-2-13-11(14)10(16-12(13)15)8-9-6-4-3-5-7-9/h3-8H,2H2,1H3/b10-8+/i15+3. The molecule has 2 rings (SSSR count). The van der Waals surface area contributed by atoms with Crippen LogP contribution in [0, 0.1) is 0 Å². The molecule has 0 spiro atoms. The highest BCUT2D eigenvalue weighted by molar-refractivity contribution is 8.26. The van der Waals surface area contributed by atoms with Gasteiger partial charge in [-0.2, -0.15) is 0 Å². The van der Waals surface area contributed by atoms with Crippen molar-refractivity contribution in [3.8, 4) is 0 Å². The second-order valence-corrected chi connectivity index (χ2v) is 5.01. The number of carbonyl (C=O) groups is 1. The Labute approximate surface area is 104 Å². The maximum atomic E-state index is 11.9. The van der Waals surface area contributed by atoms with Crippen molar-refractivity contribution < 1.29 is 4.79 Å². The number of hydrogen-bond acceptors (Lipinski definition) is 3. The van der Waals surface area contributed by atoms with Gasteiger partial charge in [0, 0.05) is 6.54 Å². The van der Waals surface area contributed by atoms with E-state index >= 15 is 0 Å². The number of thioether (sulfide) groups is 1. The maximum Gasteiger partial charge on any atom is 0.266 e. The first-order valence-electron chi connectivity index (χ1n) is 5.03. The Bertz CT molecular complexity index is 453. The van der Waals surface area contributed by atoms with Gasteiger partial charge in [-0.15, -0.1) is 0 Å². The molecule has 0 aliphatic carbocycles. The predicted octanol–water partition coefficient (Wildman–Crippen LogP) is 2.91. The number of hydrogen-bond donors (Lipinski definition) is 0. The van der Waals surface area contributed by atoms with Gasteiger partial charge in [0.05, 0.1) is 4.91 Å². The molecule has 1 aliphatic rings. The van der Waals surface area contributed by atoms with Gasteiger partial charge in [0.15, 0.2) is 0 Å². The lowest BCUT2D eigenvalue weighted by molar-refractivity contribution is -0.121. The molecule has 0 saturated carbocycles. The van der Waals surface area contributed by atoms with Gasteiger partial charge in [-0.1, -0.05) is 54.3 Å². The summed E-state index contributed by atoms with van der Waals surface area (Å²) in [6.07, 6.45) is 1.88. The number of amides is 1. The maximum absolute atomic E-state index is 11.9. The minimum Gasteiger partial charge on any atom is -0.293 e. The van der Waals surface area contributed by atoms with Crippen molar-refractivity contribution in [3.05, 3.63) is 40.8 Å². The van der Waals surface area contributed by atoms with Crippen LogP contribution in [0.4, 0.5) is 0 Å². The minimum absolute atomic E-state index is 0.0151. The third-order valence-electron chi connectivity index (χ3n) is 2.29. The summed E-state index contributed by atoms with van der Waals surface area (Å²) < 4.78 is 0.648. The molecule has 1 amide bonds. The van der Waals surface area contributed by atoms with Crippen molar-refractivity contribution in [2.24, 2.45) is 0 Å². The molecule has 0 atom stereocenters. The van der Waals surface area contributed by atoms with Gasteiger partial charge in [-0.3, -0.25) is 9.69 Å². The van der Waals surface area contributed by atoms with Crippen LogP contribution in [0.2, 0.25) is 0 Å². The molecule has 0 bridgehead atoms. The molecular formula is C12H11NOS2. The lowest BCUT2D eigenvalue weighted by Crippen LogP contribution is -2.27. The van der Waals surface area contributed by atoms with E-state index in [0.717, 1.165) is 5.56 Å². The van der Waals surface area contributed by atoms with Gasteiger partial charge in [0.1, 0.15) is 4.32 Å². The fourth-order valence-electron chi connectivity index (χ4n) is 1.47. The van der Waals surface area contributed by atoms with Crippen molar-refractivity contribution in [2.75, 3.05) is 6.54 Å². The first kappa shape index (κ1) is 11.4. The molecule has 0 N–H and O–H groups in total. The zero-order chi connectivity index (χ0) is 11.5. The SMILES string of the molecule is CCN1C(=O)/C(=C\c2ccccc2)SC1=[35S]. The smallest absolute Gasteiger partial charge is 0.266 e. The lowest BCUT2D eigenvalue weighted by Gasteiger charge is -2.09. The van der Waals surface area contributed by atoms with Gasteiger partial charge in [0.2, 0.25) is 0 Å². The average Bonchev–Trinajstić information content (AvgIpc) is 2.55. The molecule has 0 radical (unpaired) electrons. The van der Waals surface area contributed by atoms with Crippen molar-refractivity contribution in [1.29, 1.82) is 0 Å². The van der Waals surface area contributed by atoms with Crippen LogP contribution in [0.3, 0.4) is 0 Å². The number of rotatable bonds is 2. The predicted molar refractivity (Wildman–Crippen MR) is 72.0 cm³/mol. The van der Waals surface area contributed by atoms with Gasteiger partial charge >= 0.3 is 0 Å².